The minimum Gasteiger partial charge on any atom is -0.260 e. The number of thioether (sulfide) groups is 1. The third-order valence-corrected chi connectivity index (χ3v) is 3.96. The molecule has 1 heterocycles. The fourth-order valence-corrected chi connectivity index (χ4v) is 2.93. The van der Waals surface area contributed by atoms with Gasteiger partial charge in [0.1, 0.15) is 16.7 Å². The summed E-state index contributed by atoms with van der Waals surface area (Å²) in [6.45, 7) is 3.96. The highest BCUT2D eigenvalue weighted by molar-refractivity contribution is 7.98. The Balaban J connectivity index is 2.19. The SMILES string of the molecule is Cc1cccc(CSc2c(C#N)c(C)nn2C)c1. The molecule has 0 aliphatic heterocycles. The van der Waals surface area contributed by atoms with E-state index in [2.05, 4.69) is 42.4 Å². The number of hydrogen-bond donors (Lipinski definition) is 0. The molecule has 18 heavy (non-hydrogen) atoms. The van der Waals surface area contributed by atoms with E-state index < -0.39 is 0 Å². The van der Waals surface area contributed by atoms with Crippen LogP contribution in [0.15, 0.2) is 29.3 Å². The molecule has 0 aliphatic rings. The summed E-state index contributed by atoms with van der Waals surface area (Å²) in [6, 6.07) is 10.7. The smallest absolute Gasteiger partial charge is 0.112 e. The number of benzene rings is 1. The van der Waals surface area contributed by atoms with Crippen molar-refractivity contribution in [1.82, 2.24) is 9.78 Å². The fourth-order valence-electron chi connectivity index (χ4n) is 1.88. The van der Waals surface area contributed by atoms with Gasteiger partial charge in [-0.25, -0.2) is 0 Å². The Hall–Kier alpha value is -1.73. The number of aromatic nitrogens is 2. The number of nitrogens with zero attached hydrogens (tertiary/aromatic N) is 3. The van der Waals surface area contributed by atoms with Crippen LogP contribution in [-0.2, 0) is 12.8 Å². The van der Waals surface area contributed by atoms with Crippen LogP contribution in [0.25, 0.3) is 0 Å². The summed E-state index contributed by atoms with van der Waals surface area (Å²) in [5.41, 5.74) is 4.01. The van der Waals surface area contributed by atoms with Gasteiger partial charge in [-0.2, -0.15) is 10.4 Å². The molecule has 1 aromatic heterocycles. The molecule has 0 spiro atoms. The summed E-state index contributed by atoms with van der Waals surface area (Å²) in [7, 11) is 1.88. The number of nitriles is 1. The van der Waals surface area contributed by atoms with Crippen LogP contribution in [0.3, 0.4) is 0 Å². The van der Waals surface area contributed by atoms with E-state index in [1.165, 1.54) is 11.1 Å². The molecule has 92 valence electrons. The first-order valence-electron chi connectivity index (χ1n) is 5.74. The number of aryl methyl sites for hydroxylation is 3. The van der Waals surface area contributed by atoms with E-state index in [0.29, 0.717) is 5.56 Å². The van der Waals surface area contributed by atoms with Crippen LogP contribution in [0.4, 0.5) is 0 Å². The fraction of sp³-hybridized carbons (Fsp3) is 0.286. The lowest BCUT2D eigenvalue weighted by Crippen LogP contribution is -1.93. The normalized spacial score (nSPS) is 10.3. The average Bonchev–Trinajstić information content (AvgIpc) is 2.60. The van der Waals surface area contributed by atoms with Gasteiger partial charge in [-0.05, 0) is 19.4 Å². The van der Waals surface area contributed by atoms with Crippen LogP contribution in [0.5, 0.6) is 0 Å². The zero-order valence-electron chi connectivity index (χ0n) is 10.8. The molecular weight excluding hydrogens is 242 g/mol. The summed E-state index contributed by atoms with van der Waals surface area (Å²) >= 11 is 1.66. The third-order valence-electron chi connectivity index (χ3n) is 2.74. The molecule has 0 saturated heterocycles. The van der Waals surface area contributed by atoms with E-state index in [1.54, 1.807) is 16.4 Å². The monoisotopic (exact) mass is 257 g/mol. The molecule has 0 radical (unpaired) electrons. The van der Waals surface area contributed by atoms with Gasteiger partial charge in [0.25, 0.3) is 0 Å². The highest BCUT2D eigenvalue weighted by Gasteiger charge is 2.13. The topological polar surface area (TPSA) is 41.6 Å². The minimum absolute atomic E-state index is 0.690. The second-order valence-electron chi connectivity index (χ2n) is 4.28. The number of rotatable bonds is 3. The van der Waals surface area contributed by atoms with Gasteiger partial charge >= 0.3 is 0 Å². The molecule has 0 fully saturated rings. The predicted molar refractivity (Wildman–Crippen MR) is 73.4 cm³/mol. The van der Waals surface area contributed by atoms with E-state index in [9.17, 15) is 0 Å². The van der Waals surface area contributed by atoms with Gasteiger partial charge in [-0.3, -0.25) is 4.68 Å². The lowest BCUT2D eigenvalue weighted by atomic mass is 10.2. The Morgan fingerprint density at radius 1 is 1.39 bits per heavy atom. The van der Waals surface area contributed by atoms with Gasteiger partial charge < -0.3 is 0 Å². The van der Waals surface area contributed by atoms with Gasteiger partial charge in [-0.15, -0.1) is 11.8 Å². The maximum Gasteiger partial charge on any atom is 0.112 e. The molecule has 0 N–H and O–H groups in total. The third kappa shape index (κ3) is 2.57. The zero-order valence-corrected chi connectivity index (χ0v) is 11.6. The van der Waals surface area contributed by atoms with Gasteiger partial charge in [0, 0.05) is 12.8 Å². The number of hydrogen-bond acceptors (Lipinski definition) is 3. The van der Waals surface area contributed by atoms with Crippen molar-refractivity contribution in [3.8, 4) is 6.07 Å². The summed E-state index contributed by atoms with van der Waals surface area (Å²) in [5, 5.41) is 14.4. The minimum atomic E-state index is 0.690. The first-order chi connectivity index (χ1) is 8.61. The zero-order chi connectivity index (χ0) is 13.1. The van der Waals surface area contributed by atoms with E-state index >= 15 is 0 Å². The standard InChI is InChI=1S/C14H15N3S/c1-10-5-4-6-12(7-10)9-18-14-13(8-15)11(2)16-17(14)3/h4-7H,9H2,1-3H3. The largest absolute Gasteiger partial charge is 0.260 e. The van der Waals surface area contributed by atoms with Crippen molar-refractivity contribution >= 4 is 11.8 Å². The first-order valence-corrected chi connectivity index (χ1v) is 6.72. The lowest BCUT2D eigenvalue weighted by Gasteiger charge is -2.04. The van der Waals surface area contributed by atoms with Crippen molar-refractivity contribution in [2.45, 2.75) is 24.6 Å². The Labute approximate surface area is 111 Å². The molecule has 3 nitrogen and oxygen atoms in total. The van der Waals surface area contributed by atoms with Gasteiger partial charge in [0.2, 0.25) is 0 Å². The molecular formula is C14H15N3S. The van der Waals surface area contributed by atoms with Crippen molar-refractivity contribution in [3.63, 3.8) is 0 Å². The molecule has 2 aromatic rings. The lowest BCUT2D eigenvalue weighted by molar-refractivity contribution is 0.691. The first kappa shape index (κ1) is 12.7. The van der Waals surface area contributed by atoms with Gasteiger partial charge in [0.15, 0.2) is 0 Å². The highest BCUT2D eigenvalue weighted by atomic mass is 32.2. The van der Waals surface area contributed by atoms with Crippen molar-refractivity contribution in [2.24, 2.45) is 7.05 Å². The van der Waals surface area contributed by atoms with E-state index in [-0.39, 0.29) is 0 Å². The average molecular weight is 257 g/mol. The molecule has 0 bridgehead atoms. The summed E-state index contributed by atoms with van der Waals surface area (Å²) in [4.78, 5) is 0. The van der Waals surface area contributed by atoms with Crippen LogP contribution in [-0.4, -0.2) is 9.78 Å². The molecule has 4 heteroatoms. The summed E-state index contributed by atoms with van der Waals surface area (Å²) in [6.07, 6.45) is 0. The van der Waals surface area contributed by atoms with Crippen LogP contribution < -0.4 is 0 Å². The summed E-state index contributed by atoms with van der Waals surface area (Å²) < 4.78 is 1.79. The maximum absolute atomic E-state index is 9.14. The van der Waals surface area contributed by atoms with Crippen LogP contribution in [0.1, 0.15) is 22.4 Å². The Morgan fingerprint density at radius 3 is 2.83 bits per heavy atom. The van der Waals surface area contributed by atoms with Crippen LogP contribution in [0, 0.1) is 25.2 Å². The van der Waals surface area contributed by atoms with Crippen molar-refractivity contribution in [1.29, 1.82) is 5.26 Å². The maximum atomic E-state index is 9.14. The Morgan fingerprint density at radius 2 is 2.17 bits per heavy atom. The molecule has 1 aromatic carbocycles. The quantitative estimate of drug-likeness (QED) is 0.793. The second-order valence-corrected chi connectivity index (χ2v) is 5.24. The van der Waals surface area contributed by atoms with Gasteiger partial charge in [-0.1, -0.05) is 29.8 Å². The van der Waals surface area contributed by atoms with Gasteiger partial charge in [0.05, 0.1) is 5.69 Å². The molecule has 0 saturated carbocycles. The van der Waals surface area contributed by atoms with Crippen molar-refractivity contribution < 1.29 is 0 Å². The van der Waals surface area contributed by atoms with E-state index in [4.69, 9.17) is 5.26 Å². The predicted octanol–water partition coefficient (Wildman–Crippen LogP) is 3.20. The second kappa shape index (κ2) is 5.28. The Kier molecular flexibility index (Phi) is 3.73. The molecule has 0 aliphatic carbocycles. The molecule has 2 rings (SSSR count). The molecule has 0 amide bonds. The molecule has 0 unspecified atom stereocenters. The summed E-state index contributed by atoms with van der Waals surface area (Å²) in [5.74, 6) is 0.856. The van der Waals surface area contributed by atoms with Crippen molar-refractivity contribution in [2.75, 3.05) is 0 Å². The molecule has 0 atom stereocenters. The van der Waals surface area contributed by atoms with E-state index in [0.717, 1.165) is 16.5 Å². The van der Waals surface area contributed by atoms with Crippen molar-refractivity contribution in [3.05, 3.63) is 46.6 Å². The highest BCUT2D eigenvalue weighted by Crippen LogP contribution is 2.27. The van der Waals surface area contributed by atoms with Crippen LogP contribution >= 0.6 is 11.8 Å². The van der Waals surface area contributed by atoms with E-state index in [1.807, 2.05) is 14.0 Å². The Bertz CT molecular complexity index is 608. The van der Waals surface area contributed by atoms with Crippen LogP contribution in [0.2, 0.25) is 0 Å².